The number of fused-ring (bicyclic) bond motifs is 1. The first kappa shape index (κ1) is 19.5. The van der Waals surface area contributed by atoms with Gasteiger partial charge in [0.1, 0.15) is 5.82 Å². The van der Waals surface area contributed by atoms with Crippen molar-refractivity contribution in [2.24, 2.45) is 0 Å². The molecule has 2 amide bonds. The first-order valence-corrected chi connectivity index (χ1v) is 10.4. The van der Waals surface area contributed by atoms with Gasteiger partial charge < -0.3 is 24.3 Å². The van der Waals surface area contributed by atoms with Crippen molar-refractivity contribution in [3.8, 4) is 11.5 Å². The Morgan fingerprint density at radius 2 is 1.97 bits per heavy atom. The van der Waals surface area contributed by atoms with Crippen LogP contribution >= 0.6 is 0 Å². The first-order valence-electron chi connectivity index (χ1n) is 10.4. The van der Waals surface area contributed by atoms with Crippen LogP contribution < -0.4 is 14.8 Å². The Bertz CT molecular complexity index is 866. The van der Waals surface area contributed by atoms with Gasteiger partial charge in [0.2, 0.25) is 0 Å². The summed E-state index contributed by atoms with van der Waals surface area (Å²) in [6.07, 6.45) is 6.43. The van der Waals surface area contributed by atoms with E-state index >= 15 is 0 Å². The van der Waals surface area contributed by atoms with Crippen LogP contribution in [0.5, 0.6) is 11.5 Å². The van der Waals surface area contributed by atoms with E-state index in [2.05, 4.69) is 20.1 Å². The number of rotatable bonds is 5. The average molecular weight is 399 g/mol. The Labute approximate surface area is 171 Å². The average Bonchev–Trinajstić information content (AvgIpc) is 3.32. The number of benzene rings is 1. The Hall–Kier alpha value is -2.77. The monoisotopic (exact) mass is 399 g/mol. The van der Waals surface area contributed by atoms with Crippen LogP contribution in [0.2, 0.25) is 0 Å². The smallest absolute Gasteiger partial charge is 0.318 e. The molecule has 2 aliphatic heterocycles. The zero-order valence-corrected chi connectivity index (χ0v) is 17.2. The molecule has 1 saturated heterocycles. The molecule has 8 nitrogen and oxygen atoms in total. The lowest BCUT2D eigenvalue weighted by Crippen LogP contribution is -2.39. The van der Waals surface area contributed by atoms with Crippen LogP contribution in [-0.2, 0) is 19.5 Å². The standard InChI is InChI=1S/C21H29N5O3/c1-28-17-10-9-15(13-18(17)29-2)14-22-21(27)25-12-6-7-16(25)20-24-23-19-8-4-3-5-11-26(19)20/h9-10,13,16H,3-8,11-12,14H2,1-2H3,(H,22,27)/t16-/m0/s1. The highest BCUT2D eigenvalue weighted by Crippen LogP contribution is 2.32. The summed E-state index contributed by atoms with van der Waals surface area (Å²) in [7, 11) is 3.22. The van der Waals surface area contributed by atoms with E-state index in [4.69, 9.17) is 9.47 Å². The largest absolute Gasteiger partial charge is 0.493 e. The molecule has 1 atom stereocenters. The number of nitrogens with one attached hydrogen (secondary N) is 1. The summed E-state index contributed by atoms with van der Waals surface area (Å²) in [5.41, 5.74) is 0.961. The molecule has 0 saturated carbocycles. The van der Waals surface area contributed by atoms with E-state index in [0.29, 0.717) is 18.0 Å². The second-order valence-corrected chi connectivity index (χ2v) is 7.64. The Morgan fingerprint density at radius 1 is 1.10 bits per heavy atom. The van der Waals surface area contributed by atoms with Crippen molar-refractivity contribution < 1.29 is 14.3 Å². The third-order valence-electron chi connectivity index (χ3n) is 5.84. The number of likely N-dealkylation sites (tertiary alicyclic amines) is 1. The molecular weight excluding hydrogens is 370 g/mol. The summed E-state index contributed by atoms with van der Waals surface area (Å²) >= 11 is 0. The van der Waals surface area contributed by atoms with E-state index in [9.17, 15) is 4.79 Å². The lowest BCUT2D eigenvalue weighted by molar-refractivity contribution is 0.189. The van der Waals surface area contributed by atoms with Gasteiger partial charge in [-0.05, 0) is 43.4 Å². The summed E-state index contributed by atoms with van der Waals surface area (Å²) in [6.45, 7) is 2.13. The Kier molecular flexibility index (Phi) is 5.87. The number of amides is 2. The third kappa shape index (κ3) is 4.02. The fourth-order valence-electron chi connectivity index (χ4n) is 4.30. The minimum absolute atomic E-state index is 0.000228. The van der Waals surface area contributed by atoms with Crippen LogP contribution in [-0.4, -0.2) is 46.5 Å². The van der Waals surface area contributed by atoms with Crippen molar-refractivity contribution in [1.29, 1.82) is 0 Å². The van der Waals surface area contributed by atoms with Crippen molar-refractivity contribution >= 4 is 6.03 Å². The number of hydrogen-bond donors (Lipinski definition) is 1. The molecule has 156 valence electrons. The quantitative estimate of drug-likeness (QED) is 0.836. The normalized spacial score (nSPS) is 18.8. The number of carbonyl (C=O) groups excluding carboxylic acids is 1. The van der Waals surface area contributed by atoms with Crippen molar-refractivity contribution in [3.05, 3.63) is 35.4 Å². The maximum Gasteiger partial charge on any atom is 0.318 e. The lowest BCUT2D eigenvalue weighted by atomic mass is 10.2. The van der Waals surface area contributed by atoms with Crippen LogP contribution in [0, 0.1) is 0 Å². The molecule has 2 aliphatic rings. The number of aryl methyl sites for hydroxylation is 1. The van der Waals surface area contributed by atoms with Gasteiger partial charge in [0.05, 0.1) is 20.3 Å². The second kappa shape index (κ2) is 8.71. The molecule has 0 bridgehead atoms. The number of carbonyl (C=O) groups is 1. The van der Waals surface area contributed by atoms with Gasteiger partial charge in [-0.2, -0.15) is 0 Å². The highest BCUT2D eigenvalue weighted by Gasteiger charge is 2.34. The summed E-state index contributed by atoms with van der Waals surface area (Å²) in [5, 5.41) is 11.9. The summed E-state index contributed by atoms with van der Waals surface area (Å²) in [5.74, 6) is 3.34. The molecule has 8 heteroatoms. The fourth-order valence-corrected chi connectivity index (χ4v) is 4.30. The molecular formula is C21H29N5O3. The van der Waals surface area contributed by atoms with Gasteiger partial charge >= 0.3 is 6.03 Å². The third-order valence-corrected chi connectivity index (χ3v) is 5.84. The lowest BCUT2D eigenvalue weighted by Gasteiger charge is -2.25. The maximum absolute atomic E-state index is 12.9. The van der Waals surface area contributed by atoms with Crippen molar-refractivity contribution in [1.82, 2.24) is 25.0 Å². The minimum Gasteiger partial charge on any atom is -0.493 e. The number of urea groups is 1. The molecule has 29 heavy (non-hydrogen) atoms. The molecule has 3 heterocycles. The van der Waals surface area contributed by atoms with Crippen LogP contribution in [0.1, 0.15) is 55.4 Å². The molecule has 0 unspecified atom stereocenters. The van der Waals surface area contributed by atoms with Gasteiger partial charge in [-0.15, -0.1) is 10.2 Å². The molecule has 4 rings (SSSR count). The van der Waals surface area contributed by atoms with E-state index < -0.39 is 0 Å². The van der Waals surface area contributed by atoms with E-state index in [1.165, 1.54) is 12.8 Å². The number of hydrogen-bond acceptors (Lipinski definition) is 5. The van der Waals surface area contributed by atoms with Crippen LogP contribution in [0.25, 0.3) is 0 Å². The number of methoxy groups -OCH3 is 2. The molecule has 1 aromatic heterocycles. The summed E-state index contributed by atoms with van der Waals surface area (Å²) in [6, 6.07) is 5.61. The number of nitrogens with zero attached hydrogens (tertiary/aromatic N) is 4. The van der Waals surface area contributed by atoms with Crippen LogP contribution in [0.4, 0.5) is 4.79 Å². The Morgan fingerprint density at radius 3 is 2.79 bits per heavy atom. The second-order valence-electron chi connectivity index (χ2n) is 7.64. The zero-order chi connectivity index (χ0) is 20.2. The highest BCUT2D eigenvalue weighted by molar-refractivity contribution is 5.75. The molecule has 1 N–H and O–H groups in total. The van der Waals surface area contributed by atoms with Gasteiger partial charge in [-0.25, -0.2) is 4.79 Å². The molecule has 0 aliphatic carbocycles. The van der Waals surface area contributed by atoms with Gasteiger partial charge in [0.15, 0.2) is 17.3 Å². The first-order chi connectivity index (χ1) is 14.2. The van der Waals surface area contributed by atoms with Crippen LogP contribution in [0.15, 0.2) is 18.2 Å². The highest BCUT2D eigenvalue weighted by atomic mass is 16.5. The number of ether oxygens (including phenoxy) is 2. The topological polar surface area (TPSA) is 81.5 Å². The molecule has 2 aromatic rings. The van der Waals surface area contributed by atoms with Gasteiger partial charge in [-0.3, -0.25) is 0 Å². The number of aromatic nitrogens is 3. The minimum atomic E-state index is -0.0618. The predicted molar refractivity (Wildman–Crippen MR) is 108 cm³/mol. The van der Waals surface area contributed by atoms with E-state index in [-0.39, 0.29) is 12.1 Å². The van der Waals surface area contributed by atoms with E-state index in [1.807, 2.05) is 23.1 Å². The molecule has 0 radical (unpaired) electrons. The zero-order valence-electron chi connectivity index (χ0n) is 17.2. The molecule has 0 spiro atoms. The van der Waals surface area contributed by atoms with Gasteiger partial charge in [-0.1, -0.05) is 12.5 Å². The van der Waals surface area contributed by atoms with Crippen molar-refractivity contribution in [2.45, 2.75) is 57.7 Å². The van der Waals surface area contributed by atoms with Crippen molar-refractivity contribution in [2.75, 3.05) is 20.8 Å². The maximum atomic E-state index is 12.9. The fraction of sp³-hybridized carbons (Fsp3) is 0.571. The Balaban J connectivity index is 1.44. The van der Waals surface area contributed by atoms with Gasteiger partial charge in [0, 0.05) is 26.1 Å². The van der Waals surface area contributed by atoms with E-state index in [0.717, 1.165) is 56.0 Å². The SMILES string of the molecule is COc1ccc(CNC(=O)N2CCC[C@H]2c2nnc3n2CCCCC3)cc1OC. The molecule has 1 aromatic carbocycles. The predicted octanol–water partition coefficient (Wildman–Crippen LogP) is 3.07. The summed E-state index contributed by atoms with van der Waals surface area (Å²) < 4.78 is 12.9. The summed E-state index contributed by atoms with van der Waals surface area (Å²) in [4.78, 5) is 14.8. The van der Waals surface area contributed by atoms with Gasteiger partial charge in [0.25, 0.3) is 0 Å². The van der Waals surface area contributed by atoms with Crippen molar-refractivity contribution in [3.63, 3.8) is 0 Å². The molecule has 1 fully saturated rings. The van der Waals surface area contributed by atoms with Crippen LogP contribution in [0.3, 0.4) is 0 Å². The van der Waals surface area contributed by atoms with E-state index in [1.54, 1.807) is 14.2 Å².